The molecular formula is C16H25BBr2O. The second kappa shape index (κ2) is 6.87. The summed E-state index contributed by atoms with van der Waals surface area (Å²) in [7, 11) is 0. The Morgan fingerprint density at radius 2 is 1.35 bits per heavy atom. The SMILES string of the molecule is CCC(C)(C)c1cccc(C(C)(C)CC)c1OB(Br)Br. The summed E-state index contributed by atoms with van der Waals surface area (Å²) in [5.41, 5.74) is 2.76. The molecule has 0 N–H and O–H groups in total. The van der Waals surface area contributed by atoms with E-state index in [4.69, 9.17) is 4.65 Å². The maximum absolute atomic E-state index is 6.09. The number of hydrogen-bond donors (Lipinski definition) is 0. The van der Waals surface area contributed by atoms with Gasteiger partial charge in [-0.1, -0.05) is 91.3 Å². The molecule has 0 aromatic heterocycles. The van der Waals surface area contributed by atoms with E-state index in [9.17, 15) is 0 Å². The van der Waals surface area contributed by atoms with E-state index in [0.717, 1.165) is 18.6 Å². The number of hydrogen-bond acceptors (Lipinski definition) is 1. The zero-order chi connectivity index (χ0) is 15.6. The van der Waals surface area contributed by atoms with Gasteiger partial charge in [0.1, 0.15) is 5.75 Å². The van der Waals surface area contributed by atoms with E-state index < -0.39 is 0 Å². The Balaban J connectivity index is 3.50. The van der Waals surface area contributed by atoms with Crippen LogP contribution in [0.3, 0.4) is 0 Å². The molecule has 0 saturated heterocycles. The maximum Gasteiger partial charge on any atom is 0.514 e. The molecule has 112 valence electrons. The molecule has 0 saturated carbocycles. The summed E-state index contributed by atoms with van der Waals surface area (Å²) in [4.78, 5) is 0. The van der Waals surface area contributed by atoms with Crippen molar-refractivity contribution >= 4 is 36.1 Å². The Hall–Kier alpha value is 0.0449. The van der Waals surface area contributed by atoms with Crippen LogP contribution >= 0.6 is 31.5 Å². The first-order valence-corrected chi connectivity index (χ1v) is 9.07. The monoisotopic (exact) mass is 402 g/mol. The zero-order valence-corrected chi connectivity index (χ0v) is 16.6. The fourth-order valence-electron chi connectivity index (χ4n) is 2.20. The molecule has 0 spiro atoms. The summed E-state index contributed by atoms with van der Waals surface area (Å²) >= 11 is 6.90. The second-order valence-corrected chi connectivity index (χ2v) is 9.43. The number of para-hydroxylation sites is 1. The van der Waals surface area contributed by atoms with Gasteiger partial charge in [-0.3, -0.25) is 0 Å². The number of rotatable bonds is 6. The Morgan fingerprint density at radius 3 is 1.65 bits per heavy atom. The number of halogens is 2. The smallest absolute Gasteiger partial charge is 0.514 e. The minimum absolute atomic E-state index is 0.101. The van der Waals surface area contributed by atoms with Crippen LogP contribution in [0.15, 0.2) is 18.2 Å². The molecule has 1 aromatic rings. The molecule has 0 fully saturated rings. The lowest BCUT2D eigenvalue weighted by Crippen LogP contribution is -2.24. The standard InChI is InChI=1S/C16H25BBr2O/c1-7-15(3,4)12-10-9-11-13(16(5,6)8-2)14(12)20-17(18)19/h9-11H,7-8H2,1-6H3. The molecule has 0 amide bonds. The predicted octanol–water partition coefficient (Wildman–Crippen LogP) is 6.22. The van der Waals surface area contributed by atoms with Crippen molar-refractivity contribution in [1.29, 1.82) is 0 Å². The molecule has 0 bridgehead atoms. The van der Waals surface area contributed by atoms with E-state index in [-0.39, 0.29) is 15.4 Å². The lowest BCUT2D eigenvalue weighted by Gasteiger charge is -2.32. The summed E-state index contributed by atoms with van der Waals surface area (Å²) in [5, 5.41) is 0. The van der Waals surface area contributed by atoms with Crippen molar-refractivity contribution < 1.29 is 4.65 Å². The van der Waals surface area contributed by atoms with E-state index in [1.54, 1.807) is 0 Å². The maximum atomic E-state index is 6.09. The Kier molecular flexibility index (Phi) is 6.22. The molecule has 0 radical (unpaired) electrons. The van der Waals surface area contributed by atoms with Gasteiger partial charge < -0.3 is 4.65 Å². The minimum Gasteiger partial charge on any atom is -0.541 e. The van der Waals surface area contributed by atoms with Gasteiger partial charge in [-0.15, -0.1) is 0 Å². The van der Waals surface area contributed by atoms with Crippen molar-refractivity contribution in [3.63, 3.8) is 0 Å². The highest BCUT2D eigenvalue weighted by Gasteiger charge is 2.30. The third-order valence-corrected chi connectivity index (χ3v) is 4.82. The molecule has 0 heterocycles. The molecular weight excluding hydrogens is 379 g/mol. The van der Waals surface area contributed by atoms with Crippen LogP contribution in [0, 0.1) is 0 Å². The molecule has 4 heteroatoms. The lowest BCUT2D eigenvalue weighted by atomic mass is 9.75. The highest BCUT2D eigenvalue weighted by molar-refractivity contribution is 9.48. The quantitative estimate of drug-likeness (QED) is 0.512. The van der Waals surface area contributed by atoms with Crippen LogP contribution in [0.25, 0.3) is 0 Å². The fourth-order valence-corrected chi connectivity index (χ4v) is 2.57. The molecule has 1 aromatic carbocycles. The highest BCUT2D eigenvalue weighted by atomic mass is 79.9. The summed E-state index contributed by atoms with van der Waals surface area (Å²) in [6.45, 7) is 13.5. The van der Waals surface area contributed by atoms with Gasteiger partial charge in [-0.25, -0.2) is 0 Å². The van der Waals surface area contributed by atoms with Gasteiger partial charge in [0.25, 0.3) is 0 Å². The van der Waals surface area contributed by atoms with Gasteiger partial charge in [0.2, 0.25) is 0 Å². The minimum atomic E-state index is -0.171. The van der Waals surface area contributed by atoms with E-state index in [1.807, 2.05) is 0 Å². The average Bonchev–Trinajstić information content (AvgIpc) is 2.38. The zero-order valence-electron chi connectivity index (χ0n) is 13.4. The molecule has 1 nitrogen and oxygen atoms in total. The molecule has 0 aliphatic rings. The third kappa shape index (κ3) is 4.04. The first-order chi connectivity index (χ1) is 9.15. The Morgan fingerprint density at radius 1 is 0.950 bits per heavy atom. The normalized spacial score (nSPS) is 12.4. The molecule has 1 rings (SSSR count). The molecule has 0 atom stereocenters. The van der Waals surface area contributed by atoms with Crippen LogP contribution < -0.4 is 4.65 Å². The second-order valence-electron chi connectivity index (χ2n) is 6.54. The van der Waals surface area contributed by atoms with Crippen molar-refractivity contribution in [3.8, 4) is 5.75 Å². The van der Waals surface area contributed by atoms with Gasteiger partial charge in [0.15, 0.2) is 0 Å². The van der Waals surface area contributed by atoms with Crippen molar-refractivity contribution in [2.45, 2.75) is 65.2 Å². The van der Waals surface area contributed by atoms with Crippen LogP contribution in [0.2, 0.25) is 0 Å². The van der Waals surface area contributed by atoms with Crippen LogP contribution in [-0.4, -0.2) is 4.56 Å². The predicted molar refractivity (Wildman–Crippen MR) is 97.3 cm³/mol. The van der Waals surface area contributed by atoms with Crippen molar-refractivity contribution in [1.82, 2.24) is 0 Å². The van der Waals surface area contributed by atoms with Crippen LogP contribution in [0.4, 0.5) is 0 Å². The highest BCUT2D eigenvalue weighted by Crippen LogP contribution is 2.42. The van der Waals surface area contributed by atoms with Gasteiger partial charge in [-0.05, 0) is 34.8 Å². The van der Waals surface area contributed by atoms with Crippen LogP contribution in [-0.2, 0) is 10.8 Å². The molecule has 0 aliphatic heterocycles. The van der Waals surface area contributed by atoms with Crippen molar-refractivity contribution in [2.24, 2.45) is 0 Å². The van der Waals surface area contributed by atoms with E-state index >= 15 is 0 Å². The van der Waals surface area contributed by atoms with Gasteiger partial charge in [0, 0.05) is 0 Å². The van der Waals surface area contributed by atoms with Gasteiger partial charge in [-0.2, -0.15) is 0 Å². The van der Waals surface area contributed by atoms with Crippen molar-refractivity contribution in [3.05, 3.63) is 29.3 Å². The molecule has 0 aliphatic carbocycles. The third-order valence-electron chi connectivity index (χ3n) is 4.45. The summed E-state index contributed by atoms with van der Waals surface area (Å²) in [6.07, 6.45) is 2.16. The Bertz CT molecular complexity index is 422. The van der Waals surface area contributed by atoms with Crippen LogP contribution in [0.5, 0.6) is 5.75 Å². The Labute approximate surface area is 140 Å². The first-order valence-electron chi connectivity index (χ1n) is 7.24. The topological polar surface area (TPSA) is 9.23 Å². The first kappa shape index (κ1) is 18.1. The molecule has 20 heavy (non-hydrogen) atoms. The van der Waals surface area contributed by atoms with E-state index in [0.29, 0.717) is 0 Å². The van der Waals surface area contributed by atoms with Gasteiger partial charge in [0.05, 0.1) is 0 Å². The van der Waals surface area contributed by atoms with E-state index in [1.165, 1.54) is 11.1 Å². The van der Waals surface area contributed by atoms with Gasteiger partial charge >= 0.3 is 4.56 Å². The van der Waals surface area contributed by atoms with E-state index in [2.05, 4.69) is 91.3 Å². The summed E-state index contributed by atoms with van der Waals surface area (Å²) in [6, 6.07) is 6.54. The fraction of sp³-hybridized carbons (Fsp3) is 0.625. The number of benzene rings is 1. The summed E-state index contributed by atoms with van der Waals surface area (Å²) in [5.74, 6) is 1.02. The summed E-state index contributed by atoms with van der Waals surface area (Å²) < 4.78 is 5.92. The van der Waals surface area contributed by atoms with Crippen LogP contribution in [0.1, 0.15) is 65.5 Å². The largest absolute Gasteiger partial charge is 0.541 e. The average molecular weight is 404 g/mol. The lowest BCUT2D eigenvalue weighted by molar-refractivity contribution is 0.449. The molecule has 0 unspecified atom stereocenters. The van der Waals surface area contributed by atoms with Crippen molar-refractivity contribution in [2.75, 3.05) is 0 Å².